The first-order chi connectivity index (χ1) is 12.9. The number of carbonyl (C=O) groups is 1. The maximum Gasteiger partial charge on any atom is 0.251 e. The zero-order chi connectivity index (χ0) is 19.4. The molecule has 2 heterocycles. The Labute approximate surface area is 161 Å². The number of nitrogens with one attached hydrogen (secondary N) is 2. The molecule has 0 aliphatic carbocycles. The van der Waals surface area contributed by atoms with E-state index in [0.717, 1.165) is 25.1 Å². The van der Waals surface area contributed by atoms with E-state index >= 15 is 0 Å². The molecule has 7 nitrogen and oxygen atoms in total. The van der Waals surface area contributed by atoms with E-state index in [0.29, 0.717) is 44.5 Å². The van der Waals surface area contributed by atoms with Gasteiger partial charge in [0.15, 0.2) is 0 Å². The van der Waals surface area contributed by atoms with Crippen LogP contribution in [0.5, 0.6) is 0 Å². The average Bonchev–Trinajstić information content (AvgIpc) is 3.14. The second-order valence-corrected chi connectivity index (χ2v) is 9.24. The van der Waals surface area contributed by atoms with Crippen LogP contribution >= 0.6 is 0 Å². The Morgan fingerprint density at radius 2 is 2.07 bits per heavy atom. The summed E-state index contributed by atoms with van der Waals surface area (Å²) in [6, 6.07) is 5.24. The Morgan fingerprint density at radius 1 is 1.33 bits per heavy atom. The van der Waals surface area contributed by atoms with Crippen molar-refractivity contribution in [1.82, 2.24) is 9.62 Å². The van der Waals surface area contributed by atoms with E-state index in [-0.39, 0.29) is 10.8 Å². The van der Waals surface area contributed by atoms with Crippen molar-refractivity contribution in [2.75, 3.05) is 45.9 Å². The maximum absolute atomic E-state index is 12.9. The molecule has 1 unspecified atom stereocenters. The van der Waals surface area contributed by atoms with Crippen LogP contribution < -0.4 is 10.2 Å². The van der Waals surface area contributed by atoms with Crippen LogP contribution in [0.4, 0.5) is 0 Å². The molecule has 1 amide bonds. The molecule has 0 aromatic heterocycles. The molecule has 2 aliphatic heterocycles. The van der Waals surface area contributed by atoms with E-state index in [2.05, 4.69) is 12.2 Å². The number of hydrogen-bond acceptors (Lipinski definition) is 4. The van der Waals surface area contributed by atoms with Gasteiger partial charge in [-0.3, -0.25) is 4.79 Å². The van der Waals surface area contributed by atoms with Crippen LogP contribution in [0.3, 0.4) is 0 Å². The summed E-state index contributed by atoms with van der Waals surface area (Å²) in [5.74, 6) is -0.200. The number of morpholine rings is 1. The molecule has 0 saturated carbocycles. The second kappa shape index (κ2) is 8.68. The number of quaternary nitrogens is 1. The molecule has 3 rings (SSSR count). The third-order valence-corrected chi connectivity index (χ3v) is 7.55. The van der Waals surface area contributed by atoms with Gasteiger partial charge in [-0.25, -0.2) is 8.42 Å². The van der Waals surface area contributed by atoms with Crippen molar-refractivity contribution in [3.63, 3.8) is 0 Å². The highest BCUT2D eigenvalue weighted by Gasteiger charge is 2.29. The van der Waals surface area contributed by atoms with Gasteiger partial charge in [-0.1, -0.05) is 6.07 Å². The lowest BCUT2D eigenvalue weighted by Gasteiger charge is -2.26. The van der Waals surface area contributed by atoms with E-state index in [1.54, 1.807) is 12.1 Å². The van der Waals surface area contributed by atoms with Gasteiger partial charge in [0.05, 0.1) is 37.7 Å². The molecule has 2 atom stereocenters. The Bertz CT molecular complexity index is 775. The lowest BCUT2D eigenvalue weighted by Crippen LogP contribution is -3.14. The quantitative estimate of drug-likeness (QED) is 0.699. The van der Waals surface area contributed by atoms with Crippen LogP contribution in [-0.2, 0) is 14.8 Å². The predicted octanol–water partition coefficient (Wildman–Crippen LogP) is -0.187. The zero-order valence-electron chi connectivity index (χ0n) is 16.2. The van der Waals surface area contributed by atoms with E-state index in [9.17, 15) is 13.2 Å². The Balaban J connectivity index is 1.73. The van der Waals surface area contributed by atoms with Gasteiger partial charge in [-0.05, 0) is 31.5 Å². The Kier molecular flexibility index (Phi) is 6.52. The van der Waals surface area contributed by atoms with Gasteiger partial charge in [-0.15, -0.1) is 0 Å². The first-order valence-corrected chi connectivity index (χ1v) is 11.2. The van der Waals surface area contributed by atoms with Crippen LogP contribution in [0.15, 0.2) is 23.1 Å². The number of likely N-dealkylation sites (tertiary alicyclic amines) is 1. The number of ether oxygens (including phenoxy) is 1. The molecule has 2 aliphatic rings. The fourth-order valence-electron chi connectivity index (χ4n) is 3.95. The summed E-state index contributed by atoms with van der Waals surface area (Å²) in [4.78, 5) is 14.4. The van der Waals surface area contributed by atoms with Crippen LogP contribution in [0.25, 0.3) is 0 Å². The molecule has 150 valence electrons. The standard InChI is InChI=1S/C19H29N3O4S/c1-3-21-8-4-5-16(21)14-20-19(23)18-13-17(7-6-15(18)2)27(24,25)22-9-11-26-12-10-22/h6-7,13,16H,3-5,8-12,14H2,1-2H3,(H,20,23)/p+1/t16-/m1/s1. The molecule has 1 aromatic rings. The van der Waals surface area contributed by atoms with Gasteiger partial charge in [0, 0.05) is 31.5 Å². The van der Waals surface area contributed by atoms with Crippen LogP contribution in [0.2, 0.25) is 0 Å². The second-order valence-electron chi connectivity index (χ2n) is 7.30. The smallest absolute Gasteiger partial charge is 0.251 e. The van der Waals surface area contributed by atoms with E-state index < -0.39 is 10.0 Å². The molecular weight excluding hydrogens is 366 g/mol. The van der Waals surface area contributed by atoms with E-state index in [4.69, 9.17) is 4.74 Å². The molecule has 8 heteroatoms. The minimum absolute atomic E-state index is 0.168. The van der Waals surface area contributed by atoms with Crippen molar-refractivity contribution >= 4 is 15.9 Å². The Morgan fingerprint density at radius 3 is 2.78 bits per heavy atom. The maximum atomic E-state index is 12.9. The van der Waals surface area contributed by atoms with Gasteiger partial charge in [-0.2, -0.15) is 4.31 Å². The van der Waals surface area contributed by atoms with Crippen LogP contribution in [0.1, 0.15) is 35.7 Å². The molecule has 27 heavy (non-hydrogen) atoms. The number of carbonyl (C=O) groups excluding carboxylic acids is 1. The third kappa shape index (κ3) is 4.51. The number of rotatable bonds is 6. The van der Waals surface area contributed by atoms with Crippen molar-refractivity contribution in [2.24, 2.45) is 0 Å². The monoisotopic (exact) mass is 396 g/mol. The third-order valence-electron chi connectivity index (χ3n) is 5.65. The predicted molar refractivity (Wildman–Crippen MR) is 102 cm³/mol. The number of aryl methyl sites for hydroxylation is 1. The Hall–Kier alpha value is -1.48. The van der Waals surface area contributed by atoms with E-state index in [1.165, 1.54) is 21.7 Å². The fourth-order valence-corrected chi connectivity index (χ4v) is 5.38. The normalized spacial score (nSPS) is 24.1. The first kappa shape index (κ1) is 20.3. The van der Waals surface area contributed by atoms with Gasteiger partial charge in [0.2, 0.25) is 10.0 Å². The minimum atomic E-state index is -3.61. The van der Waals surface area contributed by atoms with Crippen molar-refractivity contribution < 1.29 is 22.8 Å². The first-order valence-electron chi connectivity index (χ1n) is 9.74. The summed E-state index contributed by atoms with van der Waals surface area (Å²) in [6.07, 6.45) is 2.31. The lowest BCUT2D eigenvalue weighted by atomic mass is 10.1. The minimum Gasteiger partial charge on any atom is -0.379 e. The molecule has 2 N–H and O–H groups in total. The average molecular weight is 397 g/mol. The van der Waals surface area contributed by atoms with E-state index in [1.807, 2.05) is 6.92 Å². The molecule has 2 fully saturated rings. The summed E-state index contributed by atoms with van der Waals surface area (Å²) < 4.78 is 32.4. The topological polar surface area (TPSA) is 80.2 Å². The van der Waals surface area contributed by atoms with Crippen molar-refractivity contribution in [3.8, 4) is 0 Å². The molecule has 0 spiro atoms. The number of sulfonamides is 1. The summed E-state index contributed by atoms with van der Waals surface area (Å²) in [7, 11) is -3.61. The molecule has 1 aromatic carbocycles. The van der Waals surface area contributed by atoms with Gasteiger partial charge in [0.25, 0.3) is 5.91 Å². The number of hydrogen-bond donors (Lipinski definition) is 2. The summed E-state index contributed by atoms with van der Waals surface area (Å²) in [5, 5.41) is 3.02. The van der Waals surface area contributed by atoms with Crippen molar-refractivity contribution in [1.29, 1.82) is 0 Å². The lowest BCUT2D eigenvalue weighted by molar-refractivity contribution is -0.909. The van der Waals surface area contributed by atoms with Gasteiger partial charge >= 0.3 is 0 Å². The van der Waals surface area contributed by atoms with Crippen LogP contribution in [0, 0.1) is 6.92 Å². The highest BCUT2D eigenvalue weighted by molar-refractivity contribution is 7.89. The van der Waals surface area contributed by atoms with Crippen molar-refractivity contribution in [2.45, 2.75) is 37.6 Å². The number of amides is 1. The molecule has 0 bridgehead atoms. The number of likely N-dealkylation sites (N-methyl/N-ethyl adjacent to an activating group) is 1. The largest absolute Gasteiger partial charge is 0.379 e. The molecular formula is C19H30N3O4S+. The van der Waals surface area contributed by atoms with Crippen LogP contribution in [-0.4, -0.2) is 70.6 Å². The SMILES string of the molecule is CC[NH+]1CCC[C@@H]1CNC(=O)c1cc(S(=O)(=O)N2CCOCC2)ccc1C. The summed E-state index contributed by atoms with van der Waals surface area (Å²) >= 11 is 0. The zero-order valence-corrected chi connectivity index (χ0v) is 17.0. The fraction of sp³-hybridized carbons (Fsp3) is 0.632. The summed E-state index contributed by atoms with van der Waals surface area (Å²) in [6.45, 7) is 8.33. The number of nitrogens with zero attached hydrogens (tertiary/aromatic N) is 1. The van der Waals surface area contributed by atoms with Gasteiger partial charge < -0.3 is 15.0 Å². The highest BCUT2D eigenvalue weighted by atomic mass is 32.2. The molecule has 0 radical (unpaired) electrons. The van der Waals surface area contributed by atoms with Crippen molar-refractivity contribution in [3.05, 3.63) is 29.3 Å². The number of benzene rings is 1. The highest BCUT2D eigenvalue weighted by Crippen LogP contribution is 2.20. The molecule has 2 saturated heterocycles. The summed E-state index contributed by atoms with van der Waals surface area (Å²) in [5.41, 5.74) is 1.21. The van der Waals surface area contributed by atoms with Gasteiger partial charge in [0.1, 0.15) is 6.04 Å².